The van der Waals surface area contributed by atoms with E-state index in [2.05, 4.69) is 4.74 Å². The number of carbonyl (C=O) groups is 4. The Hall–Kier alpha value is -4.67. The van der Waals surface area contributed by atoms with Gasteiger partial charge in [0.25, 0.3) is 23.6 Å². The molecule has 0 fully saturated rings. The zero-order valence-corrected chi connectivity index (χ0v) is 22.3. The van der Waals surface area contributed by atoms with E-state index < -0.39 is 94.3 Å². The van der Waals surface area contributed by atoms with E-state index in [1.165, 1.54) is 0 Å². The molecule has 264 valence electrons. The largest absolute Gasteiger partial charge is 0.460 e. The van der Waals surface area contributed by atoms with E-state index in [4.69, 9.17) is 0 Å². The van der Waals surface area contributed by atoms with Crippen LogP contribution in [0, 0.1) is 6.92 Å². The molecule has 0 spiro atoms. The van der Waals surface area contributed by atoms with Crippen LogP contribution in [0.15, 0.2) is 48.3 Å². The van der Waals surface area contributed by atoms with Crippen LogP contribution in [-0.4, -0.2) is 65.3 Å². The molecular weight excluding hydrogens is 719 g/mol. The highest BCUT2D eigenvalue weighted by molar-refractivity contribution is 6.30. The second-order valence-electron chi connectivity index (χ2n) is 9.43. The Morgan fingerprint density at radius 3 is 1.29 bits per heavy atom. The summed E-state index contributed by atoms with van der Waals surface area (Å²) in [5, 5.41) is 0. The molecule has 2 heterocycles. The fourth-order valence-electron chi connectivity index (χ4n) is 3.80. The first-order valence-electron chi connectivity index (χ1n) is 11.8. The predicted molar refractivity (Wildman–Crippen MR) is 120 cm³/mol. The third kappa shape index (κ3) is 5.23. The molecular formula is C24H9F17N2O5. The van der Waals surface area contributed by atoms with Crippen molar-refractivity contribution in [3.05, 3.63) is 53.8 Å². The van der Waals surface area contributed by atoms with Crippen LogP contribution < -0.4 is 14.5 Å². The molecule has 0 saturated carbocycles. The SMILES string of the molecule is Cc1cc(N2C(=O)C=CC2=O)c(OC(F)=C(F)C(F)(F)C(F)(F)C(F)(F)C(F)(F)C(F)(F)C(F)(F)C(F)(F)F)cc1N1C(=O)C=CC1=O. The molecule has 48 heavy (non-hydrogen) atoms. The monoisotopic (exact) mass is 728 g/mol. The molecule has 1 aromatic carbocycles. The third-order valence-corrected chi connectivity index (χ3v) is 6.35. The number of anilines is 2. The maximum atomic E-state index is 14.7. The van der Waals surface area contributed by atoms with Crippen LogP contribution in [0.25, 0.3) is 0 Å². The van der Waals surface area contributed by atoms with Crippen molar-refractivity contribution in [2.75, 3.05) is 9.80 Å². The highest BCUT2D eigenvalue weighted by atomic mass is 19.4. The number of hydrogen-bond acceptors (Lipinski definition) is 5. The summed E-state index contributed by atoms with van der Waals surface area (Å²) in [6, 6.07) is -3.17. The molecule has 0 unspecified atom stereocenters. The molecule has 1 aromatic rings. The van der Waals surface area contributed by atoms with E-state index in [1.807, 2.05) is 0 Å². The van der Waals surface area contributed by atoms with Crippen molar-refractivity contribution in [3.8, 4) is 5.75 Å². The fraction of sp³-hybridized carbons (Fsp3) is 0.333. The molecule has 0 aliphatic carbocycles. The highest BCUT2D eigenvalue weighted by Gasteiger charge is 2.94. The number of benzene rings is 1. The summed E-state index contributed by atoms with van der Waals surface area (Å²) in [5.74, 6) is -62.4. The number of hydrogen-bond donors (Lipinski definition) is 0. The smallest absolute Gasteiger partial charge is 0.427 e. The van der Waals surface area contributed by atoms with Gasteiger partial charge < -0.3 is 4.74 Å². The first-order valence-corrected chi connectivity index (χ1v) is 11.8. The van der Waals surface area contributed by atoms with Gasteiger partial charge in [0.1, 0.15) is 0 Å². The Labute approximate surface area is 252 Å². The van der Waals surface area contributed by atoms with Gasteiger partial charge in [0.05, 0.1) is 11.4 Å². The van der Waals surface area contributed by atoms with Crippen molar-refractivity contribution in [2.45, 2.75) is 48.6 Å². The first-order chi connectivity index (χ1) is 21.4. The van der Waals surface area contributed by atoms with Gasteiger partial charge in [0.2, 0.25) is 5.83 Å². The van der Waals surface area contributed by atoms with E-state index in [9.17, 15) is 93.8 Å². The van der Waals surface area contributed by atoms with Crippen LogP contribution in [0.2, 0.25) is 0 Å². The Morgan fingerprint density at radius 2 is 0.896 bits per heavy atom. The predicted octanol–water partition coefficient (Wildman–Crippen LogP) is 6.71. The molecule has 0 saturated heterocycles. The van der Waals surface area contributed by atoms with Crippen molar-refractivity contribution in [1.82, 2.24) is 0 Å². The van der Waals surface area contributed by atoms with E-state index in [0.29, 0.717) is 30.4 Å². The maximum Gasteiger partial charge on any atom is 0.460 e. The van der Waals surface area contributed by atoms with Gasteiger partial charge in [-0.2, -0.15) is 74.6 Å². The lowest BCUT2D eigenvalue weighted by atomic mass is 9.91. The van der Waals surface area contributed by atoms with Gasteiger partial charge >= 0.3 is 47.7 Å². The van der Waals surface area contributed by atoms with Crippen LogP contribution in [0.5, 0.6) is 5.75 Å². The van der Waals surface area contributed by atoms with Crippen molar-refractivity contribution in [2.24, 2.45) is 0 Å². The number of nitrogens with zero attached hydrogens (tertiary/aromatic N) is 2. The van der Waals surface area contributed by atoms with Gasteiger partial charge in [-0.05, 0) is 18.6 Å². The molecule has 3 rings (SSSR count). The summed E-state index contributed by atoms with van der Waals surface area (Å²) in [6.45, 7) is 1.00. The van der Waals surface area contributed by atoms with Crippen molar-refractivity contribution >= 4 is 35.0 Å². The summed E-state index contributed by atoms with van der Waals surface area (Å²) in [6.07, 6.45) is -5.68. The molecule has 0 radical (unpaired) electrons. The molecule has 24 heteroatoms. The Morgan fingerprint density at radius 1 is 0.542 bits per heavy atom. The summed E-state index contributed by atoms with van der Waals surface area (Å²) in [7, 11) is 0. The van der Waals surface area contributed by atoms with Crippen LogP contribution >= 0.6 is 0 Å². The minimum Gasteiger partial charge on any atom is -0.427 e. The number of aryl methyl sites for hydroxylation is 1. The van der Waals surface area contributed by atoms with Crippen LogP contribution in [0.3, 0.4) is 0 Å². The van der Waals surface area contributed by atoms with Crippen LogP contribution in [0.4, 0.5) is 86.0 Å². The number of alkyl halides is 15. The second-order valence-corrected chi connectivity index (χ2v) is 9.43. The Kier molecular flexibility index (Phi) is 8.82. The number of imide groups is 2. The van der Waals surface area contributed by atoms with Gasteiger partial charge in [-0.3, -0.25) is 19.2 Å². The lowest BCUT2D eigenvalue weighted by Gasteiger charge is -2.41. The van der Waals surface area contributed by atoms with E-state index >= 15 is 0 Å². The summed E-state index contributed by atoms with van der Waals surface area (Å²) in [4.78, 5) is 48.5. The number of rotatable bonds is 10. The first kappa shape index (κ1) is 37.8. The normalized spacial score (nSPS) is 17.6. The van der Waals surface area contributed by atoms with Crippen LogP contribution in [0.1, 0.15) is 5.56 Å². The standard InChI is InChI=1S/C24H9F17N2O5/c1-8-6-10(43-14(46)4-5-15(43)47)11(7-9(8)42-12(44)2-3-13(42)45)48-17(26)16(25)18(27,28)19(29,30)20(31,32)21(33,34)22(35,36)23(37,38)24(39,40)41/h2-7H,1H3. The number of halogens is 17. The van der Waals surface area contributed by atoms with Gasteiger partial charge in [0.15, 0.2) is 5.75 Å². The topological polar surface area (TPSA) is 84.0 Å². The van der Waals surface area contributed by atoms with Gasteiger partial charge in [0, 0.05) is 30.4 Å². The summed E-state index contributed by atoms with van der Waals surface area (Å²) >= 11 is 0. The van der Waals surface area contributed by atoms with Gasteiger partial charge in [-0.15, -0.1) is 0 Å². The Bertz CT molecular complexity index is 1640. The number of carbonyl (C=O) groups excluding carboxylic acids is 4. The third-order valence-electron chi connectivity index (χ3n) is 6.35. The zero-order valence-electron chi connectivity index (χ0n) is 22.3. The average Bonchev–Trinajstić information content (AvgIpc) is 3.46. The van der Waals surface area contributed by atoms with Crippen LogP contribution in [-0.2, 0) is 19.2 Å². The van der Waals surface area contributed by atoms with E-state index in [-0.39, 0.29) is 21.4 Å². The molecule has 0 atom stereocenters. The molecule has 2 aliphatic rings. The second kappa shape index (κ2) is 11.2. The number of amides is 4. The lowest BCUT2D eigenvalue weighted by Crippen LogP contribution is -2.72. The van der Waals surface area contributed by atoms with Crippen molar-refractivity contribution < 1.29 is 98.6 Å². The molecule has 0 aromatic heterocycles. The molecule has 7 nitrogen and oxygen atoms in total. The Balaban J connectivity index is 2.18. The minimum atomic E-state index is -8.80. The van der Waals surface area contributed by atoms with Gasteiger partial charge in [-0.1, -0.05) is 0 Å². The quantitative estimate of drug-likeness (QED) is 0.152. The maximum absolute atomic E-state index is 14.7. The van der Waals surface area contributed by atoms with Crippen molar-refractivity contribution in [3.63, 3.8) is 0 Å². The van der Waals surface area contributed by atoms with Crippen molar-refractivity contribution in [1.29, 1.82) is 0 Å². The summed E-state index contributed by atoms with van der Waals surface area (Å²) in [5.41, 5.74) is -2.24. The molecule has 0 N–H and O–H groups in total. The average molecular weight is 728 g/mol. The van der Waals surface area contributed by atoms with Gasteiger partial charge in [-0.25, -0.2) is 9.80 Å². The van der Waals surface area contributed by atoms with E-state index in [0.717, 1.165) is 6.92 Å². The highest BCUT2D eigenvalue weighted by Crippen LogP contribution is 2.63. The molecule has 2 aliphatic heterocycles. The minimum absolute atomic E-state index is 0.0342. The molecule has 0 bridgehead atoms. The lowest BCUT2D eigenvalue weighted by molar-refractivity contribution is -0.451. The molecule has 4 amide bonds. The summed E-state index contributed by atoms with van der Waals surface area (Å²) < 4.78 is 235. The zero-order chi connectivity index (χ0) is 37.4. The fourth-order valence-corrected chi connectivity index (χ4v) is 3.80. The number of ether oxygens (including phenoxy) is 1. The van der Waals surface area contributed by atoms with E-state index in [1.54, 1.807) is 0 Å². The number of allylic oxidation sites excluding steroid dienone is 1.